The van der Waals surface area contributed by atoms with Crippen LogP contribution in [0, 0.1) is 11.3 Å². The average Bonchev–Trinajstić information content (AvgIpc) is 2.25. The number of rotatable bonds is 4. The van der Waals surface area contributed by atoms with E-state index in [2.05, 4.69) is 4.72 Å². The van der Waals surface area contributed by atoms with Gasteiger partial charge in [-0.2, -0.15) is 5.26 Å². The van der Waals surface area contributed by atoms with E-state index < -0.39 is 21.2 Å². The molecular formula is C13H17ClN2O3S. The molecule has 0 amide bonds. The van der Waals surface area contributed by atoms with Crippen molar-refractivity contribution >= 4 is 21.6 Å². The first-order valence-corrected chi connectivity index (χ1v) is 7.73. The normalized spacial score (nSPS) is 13.1. The van der Waals surface area contributed by atoms with Gasteiger partial charge in [0.2, 0.25) is 10.0 Å². The standard InChI is InChI=1S/C13H17ClN2O3S/c1-12(2,13(3,4)17)16-20(18,19)10-6-5-9(8-15)11(14)7-10/h5-7,16-17H,1-4H3. The van der Waals surface area contributed by atoms with E-state index >= 15 is 0 Å². The van der Waals surface area contributed by atoms with Crippen LogP contribution in [0.5, 0.6) is 0 Å². The van der Waals surface area contributed by atoms with Crippen LogP contribution in [0.15, 0.2) is 23.1 Å². The summed E-state index contributed by atoms with van der Waals surface area (Å²) in [5.74, 6) is 0. The zero-order valence-corrected chi connectivity index (χ0v) is 13.3. The number of benzene rings is 1. The smallest absolute Gasteiger partial charge is 0.241 e. The molecule has 0 atom stereocenters. The van der Waals surface area contributed by atoms with Crippen molar-refractivity contribution in [1.82, 2.24) is 4.72 Å². The lowest BCUT2D eigenvalue weighted by atomic mass is 9.87. The maximum atomic E-state index is 12.3. The molecule has 0 aromatic heterocycles. The van der Waals surface area contributed by atoms with Gasteiger partial charge in [-0.1, -0.05) is 11.6 Å². The van der Waals surface area contributed by atoms with Crippen LogP contribution in [0.2, 0.25) is 5.02 Å². The summed E-state index contributed by atoms with van der Waals surface area (Å²) >= 11 is 5.83. The Labute approximate surface area is 124 Å². The van der Waals surface area contributed by atoms with E-state index in [0.29, 0.717) is 0 Å². The molecule has 0 unspecified atom stereocenters. The Bertz CT molecular complexity index is 655. The van der Waals surface area contributed by atoms with Crippen LogP contribution >= 0.6 is 11.6 Å². The van der Waals surface area contributed by atoms with Crippen LogP contribution in [-0.2, 0) is 10.0 Å². The minimum Gasteiger partial charge on any atom is -0.389 e. The number of nitriles is 1. The number of sulfonamides is 1. The Balaban J connectivity index is 3.20. The minimum absolute atomic E-state index is 0.0566. The molecule has 20 heavy (non-hydrogen) atoms. The van der Waals surface area contributed by atoms with Crippen LogP contribution in [0.4, 0.5) is 0 Å². The van der Waals surface area contributed by atoms with E-state index in [1.54, 1.807) is 13.8 Å². The molecule has 0 heterocycles. The van der Waals surface area contributed by atoms with E-state index in [-0.39, 0.29) is 15.5 Å². The van der Waals surface area contributed by atoms with E-state index in [9.17, 15) is 13.5 Å². The summed E-state index contributed by atoms with van der Waals surface area (Å²) in [6, 6.07) is 5.71. The molecule has 1 rings (SSSR count). The summed E-state index contributed by atoms with van der Waals surface area (Å²) < 4.78 is 27.0. The van der Waals surface area contributed by atoms with E-state index in [1.165, 1.54) is 32.0 Å². The highest BCUT2D eigenvalue weighted by Gasteiger charge is 2.38. The van der Waals surface area contributed by atoms with E-state index in [4.69, 9.17) is 16.9 Å². The first kappa shape index (κ1) is 16.9. The van der Waals surface area contributed by atoms with Crippen LogP contribution in [0.3, 0.4) is 0 Å². The van der Waals surface area contributed by atoms with Gasteiger partial charge in [0, 0.05) is 0 Å². The zero-order valence-electron chi connectivity index (χ0n) is 11.7. The number of nitrogens with zero attached hydrogens (tertiary/aromatic N) is 1. The zero-order chi connectivity index (χ0) is 15.8. The second kappa shape index (κ2) is 5.34. The van der Waals surface area contributed by atoms with Crippen LogP contribution in [0.1, 0.15) is 33.3 Å². The highest BCUT2D eigenvalue weighted by molar-refractivity contribution is 7.89. The van der Waals surface area contributed by atoms with Gasteiger partial charge in [-0.25, -0.2) is 13.1 Å². The van der Waals surface area contributed by atoms with Crippen molar-refractivity contribution in [3.63, 3.8) is 0 Å². The lowest BCUT2D eigenvalue weighted by Gasteiger charge is -2.37. The van der Waals surface area contributed by atoms with Gasteiger partial charge in [0.15, 0.2) is 0 Å². The summed E-state index contributed by atoms with van der Waals surface area (Å²) in [7, 11) is -3.85. The molecule has 1 aromatic carbocycles. The Kier molecular flexibility index (Phi) is 4.52. The fraction of sp³-hybridized carbons (Fsp3) is 0.462. The van der Waals surface area contributed by atoms with Gasteiger partial charge in [-0.15, -0.1) is 0 Å². The Hall–Kier alpha value is -1.13. The molecule has 0 aliphatic carbocycles. The van der Waals surface area contributed by atoms with Crippen molar-refractivity contribution < 1.29 is 13.5 Å². The summed E-state index contributed by atoms with van der Waals surface area (Å²) in [6.45, 7) is 6.19. The van der Waals surface area contributed by atoms with Crippen LogP contribution in [-0.4, -0.2) is 24.7 Å². The molecule has 2 N–H and O–H groups in total. The fourth-order valence-corrected chi connectivity index (χ4v) is 3.12. The quantitative estimate of drug-likeness (QED) is 0.889. The molecule has 1 aromatic rings. The van der Waals surface area contributed by atoms with Gasteiger partial charge < -0.3 is 5.11 Å². The van der Waals surface area contributed by atoms with Gasteiger partial charge in [-0.05, 0) is 45.9 Å². The van der Waals surface area contributed by atoms with Crippen molar-refractivity contribution in [3.8, 4) is 6.07 Å². The maximum absolute atomic E-state index is 12.3. The van der Waals surface area contributed by atoms with E-state index in [0.717, 1.165) is 0 Å². The maximum Gasteiger partial charge on any atom is 0.241 e. The number of nitrogens with one attached hydrogen (secondary N) is 1. The molecule has 0 aliphatic rings. The highest BCUT2D eigenvalue weighted by atomic mass is 35.5. The molecule has 110 valence electrons. The molecule has 0 aliphatic heterocycles. The number of hydrogen-bond donors (Lipinski definition) is 2. The van der Waals surface area contributed by atoms with Crippen molar-refractivity contribution in [3.05, 3.63) is 28.8 Å². The molecule has 0 saturated carbocycles. The fourth-order valence-electron chi connectivity index (χ4n) is 1.27. The summed E-state index contributed by atoms with van der Waals surface area (Å²) in [4.78, 5) is -0.0566. The lowest BCUT2D eigenvalue weighted by molar-refractivity contribution is 0.00639. The molecule has 7 heteroatoms. The molecule has 0 radical (unpaired) electrons. The molecular weight excluding hydrogens is 300 g/mol. The second-order valence-corrected chi connectivity index (χ2v) is 7.63. The number of aliphatic hydroxyl groups is 1. The summed E-state index contributed by atoms with van der Waals surface area (Å²) in [6.07, 6.45) is 0. The third-order valence-corrected chi connectivity index (χ3v) is 5.26. The first-order valence-electron chi connectivity index (χ1n) is 5.87. The Morgan fingerprint density at radius 2 is 1.85 bits per heavy atom. The van der Waals surface area contributed by atoms with Crippen molar-refractivity contribution in [1.29, 1.82) is 5.26 Å². The molecule has 0 fully saturated rings. The number of halogens is 1. The molecule has 0 saturated heterocycles. The average molecular weight is 317 g/mol. The van der Waals surface area contributed by atoms with Crippen molar-refractivity contribution in [2.45, 2.75) is 43.7 Å². The molecule has 0 spiro atoms. The lowest BCUT2D eigenvalue weighted by Crippen LogP contribution is -2.57. The van der Waals surface area contributed by atoms with Crippen LogP contribution < -0.4 is 4.72 Å². The van der Waals surface area contributed by atoms with Gasteiger partial charge >= 0.3 is 0 Å². The SMILES string of the molecule is CC(C)(O)C(C)(C)NS(=O)(=O)c1ccc(C#N)c(Cl)c1. The Morgan fingerprint density at radius 3 is 2.25 bits per heavy atom. The topological polar surface area (TPSA) is 90.2 Å². The van der Waals surface area contributed by atoms with E-state index in [1.807, 2.05) is 6.07 Å². The van der Waals surface area contributed by atoms with Crippen molar-refractivity contribution in [2.75, 3.05) is 0 Å². The van der Waals surface area contributed by atoms with Gasteiger partial charge in [-0.3, -0.25) is 0 Å². The van der Waals surface area contributed by atoms with Gasteiger partial charge in [0.1, 0.15) is 6.07 Å². The minimum atomic E-state index is -3.85. The second-order valence-electron chi connectivity index (χ2n) is 5.54. The first-order chi connectivity index (χ1) is 8.90. The molecule has 0 bridgehead atoms. The van der Waals surface area contributed by atoms with Gasteiger partial charge in [0.05, 0.1) is 26.6 Å². The Morgan fingerprint density at radius 1 is 1.30 bits per heavy atom. The summed E-state index contributed by atoms with van der Waals surface area (Å²) in [5, 5.41) is 18.8. The van der Waals surface area contributed by atoms with Gasteiger partial charge in [0.25, 0.3) is 0 Å². The summed E-state index contributed by atoms with van der Waals surface area (Å²) in [5.41, 5.74) is -2.13. The predicted octanol–water partition coefficient (Wildman–Crippen LogP) is 2.04. The largest absolute Gasteiger partial charge is 0.389 e. The highest BCUT2D eigenvalue weighted by Crippen LogP contribution is 2.25. The molecule has 5 nitrogen and oxygen atoms in total. The third-order valence-electron chi connectivity index (χ3n) is 3.29. The predicted molar refractivity (Wildman–Crippen MR) is 76.9 cm³/mol. The third kappa shape index (κ3) is 3.49. The number of hydrogen-bond acceptors (Lipinski definition) is 4. The van der Waals surface area contributed by atoms with Crippen LogP contribution in [0.25, 0.3) is 0 Å². The van der Waals surface area contributed by atoms with Crippen molar-refractivity contribution in [2.24, 2.45) is 0 Å². The monoisotopic (exact) mass is 316 g/mol.